The molecule has 0 saturated heterocycles. The molecule has 4 rings (SSSR count). The average molecular weight is 450 g/mol. The Kier molecular flexibility index (Phi) is 6.75. The Labute approximate surface area is 187 Å². The van der Waals surface area contributed by atoms with Crippen molar-refractivity contribution < 1.29 is 9.53 Å². The summed E-state index contributed by atoms with van der Waals surface area (Å²) in [5, 5.41) is 15.3. The highest BCUT2D eigenvalue weighted by atomic mass is 32.2. The second-order valence-electron chi connectivity index (χ2n) is 6.30. The molecule has 0 unspecified atom stereocenters. The van der Waals surface area contributed by atoms with Crippen LogP contribution in [0.25, 0.3) is 17.1 Å². The molecule has 31 heavy (non-hydrogen) atoms. The maximum absolute atomic E-state index is 12.2. The van der Waals surface area contributed by atoms with Crippen LogP contribution in [0, 0.1) is 0 Å². The molecule has 0 saturated carbocycles. The fourth-order valence-electron chi connectivity index (χ4n) is 2.80. The van der Waals surface area contributed by atoms with Gasteiger partial charge in [0.2, 0.25) is 0 Å². The Morgan fingerprint density at radius 3 is 2.65 bits per heavy atom. The summed E-state index contributed by atoms with van der Waals surface area (Å²) in [7, 11) is 1.63. The third-order valence-corrected chi connectivity index (χ3v) is 5.99. The van der Waals surface area contributed by atoms with E-state index in [-0.39, 0.29) is 11.7 Å². The highest BCUT2D eigenvalue weighted by Gasteiger charge is 2.17. The van der Waals surface area contributed by atoms with Crippen molar-refractivity contribution in [3.8, 4) is 22.8 Å². The van der Waals surface area contributed by atoms with Crippen molar-refractivity contribution in [3.05, 3.63) is 77.0 Å². The van der Waals surface area contributed by atoms with Gasteiger partial charge in [-0.25, -0.2) is 5.43 Å². The van der Waals surface area contributed by atoms with Crippen LogP contribution in [0.15, 0.2) is 82.4 Å². The standard InChI is InChI=1S/C22H19N5O2S2/c1-29-18-11-9-16(10-12-18)21-25-26-22(27(21)17-6-3-2-4-7-17)31-15-20(28)24-23-14-19-8-5-13-30-19/h2-14H,15H2,1H3,(H,24,28)/b23-14+. The number of nitrogens with zero attached hydrogens (tertiary/aromatic N) is 4. The fourth-order valence-corrected chi connectivity index (χ4v) is 4.12. The van der Waals surface area contributed by atoms with Gasteiger partial charge < -0.3 is 4.74 Å². The van der Waals surface area contributed by atoms with Gasteiger partial charge in [-0.15, -0.1) is 21.5 Å². The second kappa shape index (κ2) is 10.1. The van der Waals surface area contributed by atoms with E-state index in [2.05, 4.69) is 20.7 Å². The Hall–Kier alpha value is -3.43. The lowest BCUT2D eigenvalue weighted by Gasteiger charge is -2.10. The number of amides is 1. The van der Waals surface area contributed by atoms with Crippen LogP contribution < -0.4 is 10.2 Å². The zero-order valence-corrected chi connectivity index (χ0v) is 18.3. The lowest BCUT2D eigenvalue weighted by Crippen LogP contribution is -2.19. The molecule has 1 N–H and O–H groups in total. The first-order chi connectivity index (χ1) is 15.2. The zero-order chi connectivity index (χ0) is 21.5. The number of carbonyl (C=O) groups is 1. The van der Waals surface area contributed by atoms with E-state index >= 15 is 0 Å². The van der Waals surface area contributed by atoms with Gasteiger partial charge in [0.15, 0.2) is 11.0 Å². The first kappa shape index (κ1) is 20.8. The number of carbonyl (C=O) groups excluding carboxylic acids is 1. The van der Waals surface area contributed by atoms with E-state index in [1.807, 2.05) is 76.7 Å². The van der Waals surface area contributed by atoms with Gasteiger partial charge in [0, 0.05) is 16.1 Å². The SMILES string of the molecule is COc1ccc(-c2nnc(SCC(=O)N/N=C/c3cccs3)n2-c2ccccc2)cc1. The summed E-state index contributed by atoms with van der Waals surface area (Å²) in [6.07, 6.45) is 1.63. The molecule has 0 aliphatic carbocycles. The van der Waals surface area contributed by atoms with Crippen molar-refractivity contribution in [2.24, 2.45) is 5.10 Å². The van der Waals surface area contributed by atoms with Gasteiger partial charge in [0.25, 0.3) is 5.91 Å². The molecule has 0 fully saturated rings. The Balaban J connectivity index is 1.53. The van der Waals surface area contributed by atoms with Crippen LogP contribution in [0.5, 0.6) is 5.75 Å². The van der Waals surface area contributed by atoms with Crippen molar-refractivity contribution >= 4 is 35.2 Å². The number of benzene rings is 2. The van der Waals surface area contributed by atoms with Crippen molar-refractivity contribution in [2.45, 2.75) is 5.16 Å². The summed E-state index contributed by atoms with van der Waals surface area (Å²) in [6.45, 7) is 0. The molecule has 0 aliphatic rings. The molecule has 0 radical (unpaired) electrons. The smallest absolute Gasteiger partial charge is 0.250 e. The summed E-state index contributed by atoms with van der Waals surface area (Å²) < 4.78 is 7.18. The molecule has 7 nitrogen and oxygen atoms in total. The Morgan fingerprint density at radius 2 is 1.94 bits per heavy atom. The van der Waals surface area contributed by atoms with Gasteiger partial charge in [0.05, 0.1) is 19.1 Å². The molecule has 0 spiro atoms. The molecule has 9 heteroatoms. The number of thiophene rings is 1. The van der Waals surface area contributed by atoms with Crippen LogP contribution in [0.3, 0.4) is 0 Å². The molecule has 2 aromatic carbocycles. The third-order valence-electron chi connectivity index (χ3n) is 4.25. The summed E-state index contributed by atoms with van der Waals surface area (Å²) in [6, 6.07) is 21.3. The third kappa shape index (κ3) is 5.19. The number of rotatable bonds is 8. The second-order valence-corrected chi connectivity index (χ2v) is 8.22. The van der Waals surface area contributed by atoms with Crippen LogP contribution in [-0.2, 0) is 4.79 Å². The van der Waals surface area contributed by atoms with Crippen LogP contribution >= 0.6 is 23.1 Å². The number of hydrogen-bond donors (Lipinski definition) is 1. The van der Waals surface area contributed by atoms with Gasteiger partial charge in [0.1, 0.15) is 5.75 Å². The van der Waals surface area contributed by atoms with Crippen LogP contribution in [-0.4, -0.2) is 39.7 Å². The van der Waals surface area contributed by atoms with Crippen molar-refractivity contribution in [3.63, 3.8) is 0 Å². The van der Waals surface area contributed by atoms with Crippen LogP contribution in [0.4, 0.5) is 0 Å². The van der Waals surface area contributed by atoms with Crippen molar-refractivity contribution in [1.29, 1.82) is 0 Å². The lowest BCUT2D eigenvalue weighted by atomic mass is 10.2. The predicted molar refractivity (Wildman–Crippen MR) is 124 cm³/mol. The highest BCUT2D eigenvalue weighted by molar-refractivity contribution is 7.99. The fraction of sp³-hybridized carbons (Fsp3) is 0.0909. The van der Waals surface area contributed by atoms with E-state index in [0.29, 0.717) is 11.0 Å². The molecule has 1 amide bonds. The number of para-hydroxylation sites is 1. The number of nitrogens with one attached hydrogen (secondary N) is 1. The monoisotopic (exact) mass is 449 g/mol. The van der Waals surface area contributed by atoms with Gasteiger partial charge in [-0.05, 0) is 47.8 Å². The van der Waals surface area contributed by atoms with Crippen molar-refractivity contribution in [2.75, 3.05) is 12.9 Å². The van der Waals surface area contributed by atoms with E-state index in [1.165, 1.54) is 11.8 Å². The number of aromatic nitrogens is 3. The van der Waals surface area contributed by atoms with E-state index < -0.39 is 0 Å². The van der Waals surface area contributed by atoms with Crippen LogP contribution in [0.1, 0.15) is 4.88 Å². The lowest BCUT2D eigenvalue weighted by molar-refractivity contribution is -0.118. The summed E-state index contributed by atoms with van der Waals surface area (Å²) in [5.41, 5.74) is 4.36. The molecule has 2 aromatic heterocycles. The van der Waals surface area contributed by atoms with Gasteiger partial charge in [-0.1, -0.05) is 36.0 Å². The highest BCUT2D eigenvalue weighted by Crippen LogP contribution is 2.28. The molecule has 0 aliphatic heterocycles. The van der Waals surface area contributed by atoms with E-state index in [0.717, 1.165) is 21.9 Å². The van der Waals surface area contributed by atoms with Crippen LogP contribution in [0.2, 0.25) is 0 Å². The quantitative estimate of drug-likeness (QED) is 0.247. The zero-order valence-electron chi connectivity index (χ0n) is 16.6. The number of hydrogen-bond acceptors (Lipinski definition) is 7. The summed E-state index contributed by atoms with van der Waals surface area (Å²) in [4.78, 5) is 13.2. The van der Waals surface area contributed by atoms with E-state index in [9.17, 15) is 4.79 Å². The minimum absolute atomic E-state index is 0.162. The van der Waals surface area contributed by atoms with E-state index in [4.69, 9.17) is 4.74 Å². The molecular formula is C22H19N5O2S2. The van der Waals surface area contributed by atoms with Gasteiger partial charge >= 0.3 is 0 Å². The molecule has 4 aromatic rings. The molecule has 0 atom stereocenters. The van der Waals surface area contributed by atoms with E-state index in [1.54, 1.807) is 24.7 Å². The summed E-state index contributed by atoms with van der Waals surface area (Å²) >= 11 is 2.85. The Morgan fingerprint density at radius 1 is 1.13 bits per heavy atom. The minimum Gasteiger partial charge on any atom is -0.497 e. The van der Waals surface area contributed by atoms with Gasteiger partial charge in [-0.2, -0.15) is 5.10 Å². The topological polar surface area (TPSA) is 81.4 Å². The number of methoxy groups -OCH3 is 1. The molecule has 0 bridgehead atoms. The number of hydrazone groups is 1. The number of thioether (sulfide) groups is 1. The first-order valence-corrected chi connectivity index (χ1v) is 11.2. The molecular weight excluding hydrogens is 430 g/mol. The normalized spacial score (nSPS) is 11.0. The number of ether oxygens (including phenoxy) is 1. The largest absolute Gasteiger partial charge is 0.497 e. The first-order valence-electron chi connectivity index (χ1n) is 9.38. The molecule has 156 valence electrons. The maximum Gasteiger partial charge on any atom is 0.250 e. The van der Waals surface area contributed by atoms with Gasteiger partial charge in [-0.3, -0.25) is 9.36 Å². The molecule has 2 heterocycles. The predicted octanol–water partition coefficient (Wildman–Crippen LogP) is 4.25. The van der Waals surface area contributed by atoms with Crippen molar-refractivity contribution in [1.82, 2.24) is 20.2 Å². The maximum atomic E-state index is 12.2. The average Bonchev–Trinajstić information content (AvgIpc) is 3.48. The summed E-state index contributed by atoms with van der Waals surface area (Å²) in [5.74, 6) is 1.40. The minimum atomic E-state index is -0.216. The Bertz CT molecular complexity index is 1160.